The summed E-state index contributed by atoms with van der Waals surface area (Å²) in [6.07, 6.45) is 11.9. The summed E-state index contributed by atoms with van der Waals surface area (Å²) in [6.45, 7) is 2.00. The molecule has 0 spiro atoms. The van der Waals surface area contributed by atoms with Gasteiger partial charge in [-0.2, -0.15) is 0 Å². The van der Waals surface area contributed by atoms with E-state index in [4.69, 9.17) is 4.42 Å². The van der Waals surface area contributed by atoms with Gasteiger partial charge in [-0.3, -0.25) is 9.59 Å². The van der Waals surface area contributed by atoms with Gasteiger partial charge in [0.25, 0.3) is 5.91 Å². The third-order valence-corrected chi connectivity index (χ3v) is 5.51. The predicted molar refractivity (Wildman–Crippen MR) is 107 cm³/mol. The van der Waals surface area contributed by atoms with E-state index in [0.29, 0.717) is 31.3 Å². The summed E-state index contributed by atoms with van der Waals surface area (Å²) < 4.78 is 5.22. The minimum Gasteiger partial charge on any atom is -0.459 e. The highest BCUT2D eigenvalue weighted by Crippen LogP contribution is 2.20. The van der Waals surface area contributed by atoms with Gasteiger partial charge in [-0.25, -0.2) is 0 Å². The van der Waals surface area contributed by atoms with E-state index >= 15 is 0 Å². The molecule has 2 fully saturated rings. The molecular weight excluding hydrogens is 366 g/mol. The molecule has 7 heteroatoms. The summed E-state index contributed by atoms with van der Waals surface area (Å²) in [7, 11) is 0. The number of hydrogen-bond donors (Lipinski definition) is 2. The first-order valence-electron chi connectivity index (χ1n) is 10.1. The van der Waals surface area contributed by atoms with Gasteiger partial charge in [0, 0.05) is 25.7 Å². The second-order valence-electron chi connectivity index (χ2n) is 7.42. The zero-order valence-electron chi connectivity index (χ0n) is 16.0. The van der Waals surface area contributed by atoms with Crippen LogP contribution in [0.1, 0.15) is 68.3 Å². The van der Waals surface area contributed by atoms with Crippen LogP contribution in [0.2, 0.25) is 0 Å². The van der Waals surface area contributed by atoms with Crippen molar-refractivity contribution in [2.24, 2.45) is 0 Å². The lowest BCUT2D eigenvalue weighted by Crippen LogP contribution is -2.52. The van der Waals surface area contributed by atoms with E-state index in [1.807, 2.05) is 0 Å². The molecule has 1 atom stereocenters. The Kier molecular flexibility index (Phi) is 9.15. The van der Waals surface area contributed by atoms with Crippen molar-refractivity contribution >= 4 is 24.2 Å². The van der Waals surface area contributed by atoms with Crippen LogP contribution in [0.5, 0.6) is 0 Å². The Morgan fingerprint density at radius 2 is 1.78 bits per heavy atom. The molecule has 1 unspecified atom stereocenters. The summed E-state index contributed by atoms with van der Waals surface area (Å²) >= 11 is 0. The molecule has 27 heavy (non-hydrogen) atoms. The number of amides is 2. The van der Waals surface area contributed by atoms with Crippen LogP contribution in [-0.4, -0.2) is 48.4 Å². The van der Waals surface area contributed by atoms with Crippen molar-refractivity contribution in [1.82, 2.24) is 15.5 Å². The Balaban J connectivity index is 0.00000261. The molecule has 0 radical (unpaired) electrons. The Bertz CT molecular complexity index is 571. The maximum atomic E-state index is 12.6. The number of carbonyl (C=O) groups excluding carboxylic acids is 2. The number of furan rings is 1. The second kappa shape index (κ2) is 11.3. The van der Waals surface area contributed by atoms with Crippen LogP contribution in [0.25, 0.3) is 0 Å². The SMILES string of the molecule is Cl.O=C(NCCNC1CCCCCC1)C1CCCCN1C(=O)c1ccco1. The van der Waals surface area contributed by atoms with Gasteiger partial charge in [-0.1, -0.05) is 25.7 Å². The third kappa shape index (κ3) is 6.25. The Hall–Kier alpha value is -1.53. The molecule has 0 bridgehead atoms. The molecule has 6 nitrogen and oxygen atoms in total. The molecule has 0 aromatic carbocycles. The van der Waals surface area contributed by atoms with Gasteiger partial charge in [0.15, 0.2) is 5.76 Å². The Labute approximate surface area is 167 Å². The fourth-order valence-electron chi connectivity index (χ4n) is 4.05. The van der Waals surface area contributed by atoms with Crippen molar-refractivity contribution in [3.63, 3.8) is 0 Å². The summed E-state index contributed by atoms with van der Waals surface area (Å²) in [5.41, 5.74) is 0. The van der Waals surface area contributed by atoms with E-state index in [2.05, 4.69) is 10.6 Å². The lowest BCUT2D eigenvalue weighted by atomic mass is 10.0. The van der Waals surface area contributed by atoms with Crippen LogP contribution < -0.4 is 10.6 Å². The van der Waals surface area contributed by atoms with Crippen molar-refractivity contribution in [2.45, 2.75) is 69.9 Å². The molecule has 2 amide bonds. The summed E-state index contributed by atoms with van der Waals surface area (Å²) in [5, 5.41) is 6.58. The first-order valence-corrected chi connectivity index (χ1v) is 10.1. The normalized spacial score (nSPS) is 21.2. The van der Waals surface area contributed by atoms with Crippen LogP contribution in [-0.2, 0) is 4.79 Å². The average molecular weight is 398 g/mol. The van der Waals surface area contributed by atoms with Gasteiger partial charge in [-0.05, 0) is 44.2 Å². The maximum absolute atomic E-state index is 12.6. The zero-order valence-corrected chi connectivity index (χ0v) is 16.8. The fraction of sp³-hybridized carbons (Fsp3) is 0.700. The van der Waals surface area contributed by atoms with Crippen molar-refractivity contribution < 1.29 is 14.0 Å². The molecule has 2 N–H and O–H groups in total. The predicted octanol–water partition coefficient (Wildman–Crippen LogP) is 3.12. The van der Waals surface area contributed by atoms with Gasteiger partial charge >= 0.3 is 0 Å². The topological polar surface area (TPSA) is 74.6 Å². The zero-order chi connectivity index (χ0) is 18.2. The average Bonchev–Trinajstić information content (AvgIpc) is 3.09. The van der Waals surface area contributed by atoms with Crippen molar-refractivity contribution in [1.29, 1.82) is 0 Å². The molecule has 2 heterocycles. The van der Waals surface area contributed by atoms with Crippen LogP contribution in [0, 0.1) is 0 Å². The summed E-state index contributed by atoms with van der Waals surface area (Å²) in [5.74, 6) is 0.0680. The van der Waals surface area contributed by atoms with Crippen molar-refractivity contribution in [2.75, 3.05) is 19.6 Å². The molecule has 3 rings (SSSR count). The van der Waals surface area contributed by atoms with E-state index in [1.165, 1.54) is 44.8 Å². The number of carbonyl (C=O) groups is 2. The van der Waals surface area contributed by atoms with E-state index in [1.54, 1.807) is 17.0 Å². The molecule has 1 aliphatic heterocycles. The third-order valence-electron chi connectivity index (χ3n) is 5.51. The van der Waals surface area contributed by atoms with Crippen LogP contribution >= 0.6 is 12.4 Å². The number of hydrogen-bond acceptors (Lipinski definition) is 4. The molecule has 1 saturated carbocycles. The first kappa shape index (κ1) is 21.8. The number of likely N-dealkylation sites (tertiary alicyclic amines) is 1. The minimum atomic E-state index is -0.390. The number of piperidine rings is 1. The van der Waals surface area contributed by atoms with E-state index in [0.717, 1.165) is 19.4 Å². The molecule has 2 aliphatic rings. The summed E-state index contributed by atoms with van der Waals surface area (Å²) in [4.78, 5) is 26.9. The lowest BCUT2D eigenvalue weighted by Gasteiger charge is -2.34. The highest BCUT2D eigenvalue weighted by Gasteiger charge is 2.33. The smallest absolute Gasteiger partial charge is 0.290 e. The Morgan fingerprint density at radius 3 is 2.48 bits per heavy atom. The molecule has 152 valence electrons. The van der Waals surface area contributed by atoms with Crippen molar-refractivity contribution in [3.05, 3.63) is 24.2 Å². The number of nitrogens with one attached hydrogen (secondary N) is 2. The van der Waals surface area contributed by atoms with Crippen LogP contribution in [0.4, 0.5) is 0 Å². The number of rotatable bonds is 6. The quantitative estimate of drug-likeness (QED) is 0.571. The van der Waals surface area contributed by atoms with Gasteiger partial charge in [0.05, 0.1) is 6.26 Å². The minimum absolute atomic E-state index is 0. The molecule has 1 aromatic heterocycles. The first-order chi connectivity index (χ1) is 12.8. The maximum Gasteiger partial charge on any atom is 0.290 e. The lowest BCUT2D eigenvalue weighted by molar-refractivity contribution is -0.126. The summed E-state index contributed by atoms with van der Waals surface area (Å²) in [6, 6.07) is 3.55. The van der Waals surface area contributed by atoms with Gasteiger partial charge in [0.1, 0.15) is 6.04 Å². The highest BCUT2D eigenvalue weighted by atomic mass is 35.5. The van der Waals surface area contributed by atoms with Crippen LogP contribution in [0.15, 0.2) is 22.8 Å². The van der Waals surface area contributed by atoms with Gasteiger partial charge in [0.2, 0.25) is 5.91 Å². The van der Waals surface area contributed by atoms with Crippen LogP contribution in [0.3, 0.4) is 0 Å². The standard InChI is InChI=1S/C20H31N3O3.ClH/c24-19(22-13-12-21-16-8-3-1-2-4-9-16)17-10-5-6-14-23(17)20(25)18-11-7-15-26-18;/h7,11,15-17,21H,1-6,8-10,12-14H2,(H,22,24);1H. The molecule has 1 aromatic rings. The van der Waals surface area contributed by atoms with E-state index in [9.17, 15) is 9.59 Å². The molecular formula is C20H32ClN3O3. The highest BCUT2D eigenvalue weighted by molar-refractivity contribution is 5.95. The van der Waals surface area contributed by atoms with E-state index < -0.39 is 0 Å². The largest absolute Gasteiger partial charge is 0.459 e. The van der Waals surface area contributed by atoms with Gasteiger partial charge in [-0.15, -0.1) is 12.4 Å². The molecule has 1 saturated heterocycles. The monoisotopic (exact) mass is 397 g/mol. The fourth-order valence-corrected chi connectivity index (χ4v) is 4.05. The van der Waals surface area contributed by atoms with E-state index in [-0.39, 0.29) is 30.3 Å². The van der Waals surface area contributed by atoms with Crippen molar-refractivity contribution in [3.8, 4) is 0 Å². The number of nitrogens with zero attached hydrogens (tertiary/aromatic N) is 1. The molecule has 1 aliphatic carbocycles. The van der Waals surface area contributed by atoms with Gasteiger partial charge < -0.3 is 20.0 Å². The number of halogens is 1. The Morgan fingerprint density at radius 1 is 1.04 bits per heavy atom. The second-order valence-corrected chi connectivity index (χ2v) is 7.42.